The van der Waals surface area contributed by atoms with Gasteiger partial charge < -0.3 is 71.6 Å². The number of hydrogen-bond donors (Lipinski definition) is 1. The summed E-state index contributed by atoms with van der Waals surface area (Å²) in [7, 11) is 2.45. The highest BCUT2D eigenvalue weighted by atomic mass is 16.8. The first kappa shape index (κ1) is 57.7. The van der Waals surface area contributed by atoms with Crippen molar-refractivity contribution in [1.29, 1.82) is 0 Å². The van der Waals surface area contributed by atoms with Gasteiger partial charge in [-0.2, -0.15) is 0 Å². The lowest BCUT2D eigenvalue weighted by Gasteiger charge is -2.52. The van der Waals surface area contributed by atoms with Crippen LogP contribution in [0.15, 0.2) is 84.9 Å². The average molecular weight is 1040 g/mol. The van der Waals surface area contributed by atoms with E-state index in [4.69, 9.17) is 66.3 Å². The van der Waals surface area contributed by atoms with Gasteiger partial charge in [-0.25, -0.2) is 4.79 Å². The first-order valence-electron chi connectivity index (χ1n) is 23.2. The van der Waals surface area contributed by atoms with Crippen LogP contribution in [0.3, 0.4) is 0 Å². The Morgan fingerprint density at radius 1 is 0.662 bits per heavy atom. The minimum Gasteiger partial charge on any atom is -0.497 e. The normalized spacial score (nSPS) is 24.1. The number of hydrogen-bond acceptors (Lipinski definition) is 22. The standard InChI is InChI=1S/C51H61NO22/c1-29(53)64-27-41(68-32(4)56)44(69-33(5)57)46-43(52-42(59)28-65-30(2)54)39(67-31(3)55)23-51(73-46,50(60)62-8)74-47-45(70-34(6)58)40(26-63-24-35-15-11-9-12-16-35)72-49(71-38-21-19-37(61-7)20-22-38)48(47)66-25-36-17-13-10-14-18-36/h9-22,39-41,43-49H,23-28H2,1-8H3,(H,52,59)/t39-,40+,41+,43+,44+,45-,46+,47-,48+,49+,51-/m0/s1. The molecule has 0 aliphatic carbocycles. The Hall–Kier alpha value is -7.18. The number of ether oxygens (including phenoxy) is 14. The maximum absolute atomic E-state index is 14.8. The van der Waals surface area contributed by atoms with Gasteiger partial charge in [0.25, 0.3) is 11.7 Å². The second-order valence-corrected chi connectivity index (χ2v) is 16.8. The summed E-state index contributed by atoms with van der Waals surface area (Å²) in [5, 5.41) is 2.55. The summed E-state index contributed by atoms with van der Waals surface area (Å²) < 4.78 is 83.5. The van der Waals surface area contributed by atoms with Crippen molar-refractivity contribution in [3.63, 3.8) is 0 Å². The van der Waals surface area contributed by atoms with Crippen LogP contribution in [0, 0.1) is 0 Å². The van der Waals surface area contributed by atoms with E-state index in [-0.39, 0.29) is 25.6 Å². The molecule has 23 heteroatoms. The molecule has 3 aromatic rings. The molecule has 0 unspecified atom stereocenters. The number of amides is 1. The van der Waals surface area contributed by atoms with Crippen LogP contribution < -0.4 is 14.8 Å². The van der Waals surface area contributed by atoms with Gasteiger partial charge in [0.05, 0.1) is 46.5 Å². The van der Waals surface area contributed by atoms with Crippen LogP contribution >= 0.6 is 0 Å². The van der Waals surface area contributed by atoms with E-state index in [0.717, 1.165) is 54.2 Å². The minimum atomic E-state index is -2.90. The van der Waals surface area contributed by atoms with Gasteiger partial charge in [-0.05, 0) is 35.4 Å². The van der Waals surface area contributed by atoms with E-state index < -0.39 is 134 Å². The fourth-order valence-electron chi connectivity index (χ4n) is 8.07. The number of rotatable bonds is 24. The number of carbonyl (C=O) groups is 8. The molecule has 2 aliphatic heterocycles. The molecule has 0 bridgehead atoms. The van der Waals surface area contributed by atoms with Crippen molar-refractivity contribution in [2.75, 3.05) is 34.0 Å². The first-order valence-corrected chi connectivity index (χ1v) is 23.2. The highest BCUT2D eigenvalue weighted by molar-refractivity contribution is 5.81. The Balaban J connectivity index is 1.76. The summed E-state index contributed by atoms with van der Waals surface area (Å²) in [4.78, 5) is 105. The van der Waals surface area contributed by atoms with Crippen molar-refractivity contribution in [3.8, 4) is 11.5 Å². The number of methoxy groups -OCH3 is 2. The summed E-state index contributed by atoms with van der Waals surface area (Å²) in [5.74, 6) is -10.1. The molecule has 0 saturated carbocycles. The van der Waals surface area contributed by atoms with E-state index in [2.05, 4.69) is 5.32 Å². The maximum atomic E-state index is 14.8. The SMILES string of the molecule is COC(=O)[C@@]1(O[C@H]2[C@@H](OC(C)=O)[C@@H](COCc3ccccc3)O[C@@H](Oc3ccc(OC)cc3)[C@@H]2OCc2ccccc2)C[C@H](OC(C)=O)[C@@H](NC(=O)COC(C)=O)[C@H]([C@H](OC(C)=O)[C@@H](COC(C)=O)OC(C)=O)O1. The molecule has 0 aromatic heterocycles. The zero-order chi connectivity index (χ0) is 54.0. The third-order valence-corrected chi connectivity index (χ3v) is 11.1. The zero-order valence-corrected chi connectivity index (χ0v) is 42.1. The lowest BCUT2D eigenvalue weighted by Crippen LogP contribution is -2.72. The molecule has 23 nitrogen and oxygen atoms in total. The van der Waals surface area contributed by atoms with Crippen LogP contribution in [0.5, 0.6) is 11.5 Å². The highest BCUT2D eigenvalue weighted by Gasteiger charge is 2.63. The van der Waals surface area contributed by atoms with Crippen molar-refractivity contribution in [1.82, 2.24) is 5.32 Å². The third-order valence-electron chi connectivity index (χ3n) is 11.1. The molecule has 5 rings (SSSR count). The van der Waals surface area contributed by atoms with E-state index in [1.54, 1.807) is 54.6 Å². The Morgan fingerprint density at radius 3 is 1.81 bits per heavy atom. The molecule has 1 amide bonds. The van der Waals surface area contributed by atoms with E-state index in [1.807, 2.05) is 30.3 Å². The van der Waals surface area contributed by atoms with Crippen LogP contribution in [0.1, 0.15) is 59.1 Å². The zero-order valence-electron chi connectivity index (χ0n) is 42.1. The van der Waals surface area contributed by atoms with Crippen LogP contribution in [0.2, 0.25) is 0 Å². The molecule has 2 heterocycles. The lowest BCUT2D eigenvalue weighted by atomic mass is 9.87. The average Bonchev–Trinajstić information content (AvgIpc) is 3.35. The minimum absolute atomic E-state index is 0.0524. The predicted molar refractivity (Wildman–Crippen MR) is 250 cm³/mol. The molecule has 2 fully saturated rings. The highest BCUT2D eigenvalue weighted by Crippen LogP contribution is 2.42. The number of benzene rings is 3. The lowest BCUT2D eigenvalue weighted by molar-refractivity contribution is -0.369. The molecular weight excluding hydrogens is 979 g/mol. The Morgan fingerprint density at radius 2 is 1.26 bits per heavy atom. The molecular formula is C51H61NO22. The topological polar surface area (TPSA) is 278 Å². The summed E-state index contributed by atoms with van der Waals surface area (Å²) in [6.45, 7) is 4.06. The van der Waals surface area contributed by atoms with Gasteiger partial charge in [0.2, 0.25) is 6.29 Å². The van der Waals surface area contributed by atoms with Gasteiger partial charge in [-0.15, -0.1) is 0 Å². The van der Waals surface area contributed by atoms with E-state index >= 15 is 0 Å². The molecule has 402 valence electrons. The number of nitrogens with one attached hydrogen (secondary N) is 1. The molecule has 0 spiro atoms. The van der Waals surface area contributed by atoms with Gasteiger partial charge in [0.15, 0.2) is 31.0 Å². The fourth-order valence-corrected chi connectivity index (χ4v) is 8.07. The van der Waals surface area contributed by atoms with E-state index in [1.165, 1.54) is 7.11 Å². The van der Waals surface area contributed by atoms with Gasteiger partial charge in [0, 0.05) is 41.5 Å². The smallest absolute Gasteiger partial charge is 0.366 e. The summed E-state index contributed by atoms with van der Waals surface area (Å²) in [6.07, 6.45) is -16.0. The molecule has 74 heavy (non-hydrogen) atoms. The monoisotopic (exact) mass is 1040 g/mol. The summed E-state index contributed by atoms with van der Waals surface area (Å²) in [5.41, 5.74) is 1.41. The van der Waals surface area contributed by atoms with Crippen molar-refractivity contribution in [2.24, 2.45) is 0 Å². The van der Waals surface area contributed by atoms with Crippen molar-refractivity contribution < 1.29 is 105 Å². The maximum Gasteiger partial charge on any atom is 0.366 e. The Bertz CT molecular complexity index is 2370. The quantitative estimate of drug-likeness (QED) is 0.0997. The molecule has 0 radical (unpaired) electrons. The van der Waals surface area contributed by atoms with Crippen LogP contribution in [0.4, 0.5) is 0 Å². The Labute approximate surface area is 426 Å². The fraction of sp³-hybridized carbons (Fsp3) is 0.490. The largest absolute Gasteiger partial charge is 0.497 e. The number of carbonyl (C=O) groups excluding carboxylic acids is 8. The summed E-state index contributed by atoms with van der Waals surface area (Å²) >= 11 is 0. The molecule has 11 atom stereocenters. The van der Waals surface area contributed by atoms with Crippen molar-refractivity contribution >= 4 is 47.7 Å². The van der Waals surface area contributed by atoms with E-state index in [0.29, 0.717) is 11.3 Å². The molecule has 2 aliphatic rings. The van der Waals surface area contributed by atoms with Crippen LogP contribution in [-0.2, 0) is 108 Å². The van der Waals surface area contributed by atoms with Gasteiger partial charge in [-0.3, -0.25) is 33.6 Å². The second-order valence-electron chi connectivity index (χ2n) is 16.8. The Kier molecular flexibility index (Phi) is 21.6. The van der Waals surface area contributed by atoms with Gasteiger partial charge in [-0.1, -0.05) is 60.7 Å². The number of esters is 7. The first-order chi connectivity index (χ1) is 35.3. The molecule has 2 saturated heterocycles. The molecule has 1 N–H and O–H groups in total. The van der Waals surface area contributed by atoms with Gasteiger partial charge >= 0.3 is 41.8 Å². The van der Waals surface area contributed by atoms with Crippen molar-refractivity contribution in [3.05, 3.63) is 96.1 Å². The van der Waals surface area contributed by atoms with Gasteiger partial charge in [0.1, 0.15) is 42.5 Å². The van der Waals surface area contributed by atoms with E-state index in [9.17, 15) is 38.4 Å². The second kappa shape index (κ2) is 27.8. The third kappa shape index (κ3) is 16.9. The van der Waals surface area contributed by atoms with Crippen molar-refractivity contribution in [2.45, 2.75) is 128 Å². The van der Waals surface area contributed by atoms with Crippen LogP contribution in [-0.4, -0.2) is 149 Å². The molecule has 3 aromatic carbocycles. The predicted octanol–water partition coefficient (Wildman–Crippen LogP) is 2.98. The summed E-state index contributed by atoms with van der Waals surface area (Å²) in [6, 6.07) is 22.6. The van der Waals surface area contributed by atoms with Crippen LogP contribution in [0.25, 0.3) is 0 Å².